The molecule has 0 atom stereocenters. The molecular formula is C3H6MgO2. The maximum absolute atomic E-state index is 9.59. The van der Waals surface area contributed by atoms with Crippen molar-refractivity contribution in [1.29, 1.82) is 0 Å². The Balaban J connectivity index is 0. The maximum Gasteiger partial charge on any atom is 0.302 e. The molecule has 0 amide bonds. The van der Waals surface area contributed by atoms with Gasteiger partial charge in [-0.05, 0) is 0 Å². The van der Waals surface area contributed by atoms with Gasteiger partial charge in [-0.2, -0.15) is 0 Å². The highest BCUT2D eigenvalue weighted by Gasteiger charge is 1.75. The molecule has 0 aromatic heterocycles. The Hall–Kier alpha value is 0.236. The van der Waals surface area contributed by atoms with Gasteiger partial charge in [0.15, 0.2) is 0 Å². The molecule has 0 aromatic carbocycles. The summed E-state index contributed by atoms with van der Waals surface area (Å²) in [6.45, 7) is 1.36. The maximum atomic E-state index is 9.59. The summed E-state index contributed by atoms with van der Waals surface area (Å²) < 4.78 is 4.11. The van der Waals surface area contributed by atoms with Gasteiger partial charge in [-0.25, -0.2) is 0 Å². The van der Waals surface area contributed by atoms with Crippen LogP contribution < -0.4 is 0 Å². The van der Waals surface area contributed by atoms with Crippen molar-refractivity contribution in [2.24, 2.45) is 0 Å². The molecule has 0 fully saturated rings. The third kappa shape index (κ3) is 8.87. The number of methoxy groups -OCH3 is 1. The van der Waals surface area contributed by atoms with E-state index in [4.69, 9.17) is 0 Å². The molecule has 0 aliphatic rings. The average Bonchev–Trinajstić information content (AvgIpc) is 1.38. The zero-order valence-corrected chi connectivity index (χ0v) is 5.44. The second kappa shape index (κ2) is 5.24. The number of ether oxygens (including phenoxy) is 1. The highest BCUT2D eigenvalue weighted by atomic mass is 24.3. The standard InChI is InChI=1S/C3H6O2.Mg/c1-3(4)5-2;/h1-2H3;. The smallest absolute Gasteiger partial charge is 0.302 e. The van der Waals surface area contributed by atoms with E-state index in [2.05, 4.69) is 4.74 Å². The predicted molar refractivity (Wildman–Crippen MR) is 23.4 cm³/mol. The van der Waals surface area contributed by atoms with Gasteiger partial charge in [0.05, 0.1) is 7.11 Å². The van der Waals surface area contributed by atoms with E-state index in [9.17, 15) is 4.79 Å². The van der Waals surface area contributed by atoms with Crippen molar-refractivity contribution in [3.05, 3.63) is 0 Å². The van der Waals surface area contributed by atoms with Gasteiger partial charge in [-0.1, -0.05) is 0 Å². The van der Waals surface area contributed by atoms with Gasteiger partial charge >= 0.3 is 5.97 Å². The summed E-state index contributed by atoms with van der Waals surface area (Å²) in [4.78, 5) is 9.59. The van der Waals surface area contributed by atoms with Crippen molar-refractivity contribution >= 4 is 29.0 Å². The highest BCUT2D eigenvalue weighted by molar-refractivity contribution is 5.75. The fourth-order valence-corrected chi connectivity index (χ4v) is 0. The fourth-order valence-electron chi connectivity index (χ4n) is 0. The third-order valence-corrected chi connectivity index (χ3v) is 0.287. The molecule has 32 valence electrons. The minimum atomic E-state index is -0.245. The first kappa shape index (κ1) is 9.53. The zero-order valence-electron chi connectivity index (χ0n) is 4.02. The summed E-state index contributed by atoms with van der Waals surface area (Å²) >= 11 is 0. The van der Waals surface area contributed by atoms with Crippen molar-refractivity contribution in [3.8, 4) is 0 Å². The minimum Gasteiger partial charge on any atom is -0.469 e. The SMILES string of the molecule is COC(C)=O.[Mg]. The van der Waals surface area contributed by atoms with Gasteiger partial charge in [0.2, 0.25) is 0 Å². The summed E-state index contributed by atoms with van der Waals surface area (Å²) in [5, 5.41) is 0. The van der Waals surface area contributed by atoms with Crippen LogP contribution in [-0.2, 0) is 9.53 Å². The molecule has 0 aliphatic heterocycles. The van der Waals surface area contributed by atoms with E-state index < -0.39 is 0 Å². The number of carbonyl (C=O) groups excluding carboxylic acids is 1. The first-order valence-corrected chi connectivity index (χ1v) is 1.32. The van der Waals surface area contributed by atoms with Gasteiger partial charge in [0.25, 0.3) is 0 Å². The van der Waals surface area contributed by atoms with Crippen molar-refractivity contribution in [1.82, 2.24) is 0 Å². The average molecular weight is 98.4 g/mol. The van der Waals surface area contributed by atoms with Gasteiger partial charge < -0.3 is 4.74 Å². The molecular weight excluding hydrogens is 92.3 g/mol. The number of hydrogen-bond donors (Lipinski definition) is 0. The lowest BCUT2D eigenvalue weighted by atomic mass is 10.8. The fraction of sp³-hybridized carbons (Fsp3) is 0.667. The summed E-state index contributed by atoms with van der Waals surface area (Å²) in [6.07, 6.45) is 0. The molecule has 3 heteroatoms. The number of esters is 1. The van der Waals surface area contributed by atoms with E-state index in [-0.39, 0.29) is 29.0 Å². The molecule has 0 N–H and O–H groups in total. The van der Waals surface area contributed by atoms with E-state index in [1.54, 1.807) is 0 Å². The molecule has 0 rings (SSSR count). The number of rotatable bonds is 0. The predicted octanol–water partition coefficient (Wildman–Crippen LogP) is -0.202. The van der Waals surface area contributed by atoms with Gasteiger partial charge in [-0.15, -0.1) is 0 Å². The monoisotopic (exact) mass is 98.0 g/mol. The summed E-state index contributed by atoms with van der Waals surface area (Å²) in [5.74, 6) is -0.245. The lowest BCUT2D eigenvalue weighted by Crippen LogP contribution is -1.88. The summed E-state index contributed by atoms with van der Waals surface area (Å²) in [6, 6.07) is 0. The van der Waals surface area contributed by atoms with Gasteiger partial charge in [-0.3, -0.25) is 4.79 Å². The Morgan fingerprint density at radius 2 is 1.83 bits per heavy atom. The second-order valence-electron chi connectivity index (χ2n) is 0.696. The van der Waals surface area contributed by atoms with Crippen LogP contribution >= 0.6 is 0 Å². The molecule has 0 saturated carbocycles. The van der Waals surface area contributed by atoms with Crippen LogP contribution in [0, 0.1) is 0 Å². The normalized spacial score (nSPS) is 5.67. The van der Waals surface area contributed by atoms with Crippen LogP contribution in [0.5, 0.6) is 0 Å². The topological polar surface area (TPSA) is 26.3 Å². The van der Waals surface area contributed by atoms with Crippen LogP contribution in [-0.4, -0.2) is 36.1 Å². The van der Waals surface area contributed by atoms with Crippen molar-refractivity contribution < 1.29 is 9.53 Å². The van der Waals surface area contributed by atoms with Crippen LogP contribution in [0.3, 0.4) is 0 Å². The lowest BCUT2D eigenvalue weighted by Gasteiger charge is -1.80. The van der Waals surface area contributed by atoms with E-state index in [1.807, 2.05) is 0 Å². The van der Waals surface area contributed by atoms with Crippen LogP contribution in [0.4, 0.5) is 0 Å². The number of carbonyl (C=O) groups is 1. The van der Waals surface area contributed by atoms with Gasteiger partial charge in [0.1, 0.15) is 0 Å². The molecule has 0 heterocycles. The molecule has 0 saturated heterocycles. The Labute approximate surface area is 53.0 Å². The first-order valence-electron chi connectivity index (χ1n) is 1.32. The van der Waals surface area contributed by atoms with Crippen molar-refractivity contribution in [2.45, 2.75) is 6.92 Å². The summed E-state index contributed by atoms with van der Waals surface area (Å²) in [5.41, 5.74) is 0. The Morgan fingerprint density at radius 3 is 1.83 bits per heavy atom. The zero-order chi connectivity index (χ0) is 4.28. The van der Waals surface area contributed by atoms with E-state index >= 15 is 0 Å². The van der Waals surface area contributed by atoms with Gasteiger partial charge in [0, 0.05) is 30.0 Å². The van der Waals surface area contributed by atoms with Crippen LogP contribution in [0.15, 0.2) is 0 Å². The van der Waals surface area contributed by atoms with Crippen molar-refractivity contribution in [2.75, 3.05) is 7.11 Å². The molecule has 0 spiro atoms. The number of hydrogen-bond acceptors (Lipinski definition) is 2. The van der Waals surface area contributed by atoms with Crippen LogP contribution in [0.2, 0.25) is 0 Å². The first-order chi connectivity index (χ1) is 2.27. The van der Waals surface area contributed by atoms with E-state index in [0.717, 1.165) is 0 Å². The molecule has 0 bridgehead atoms. The third-order valence-electron chi connectivity index (χ3n) is 0.287. The quantitative estimate of drug-likeness (QED) is 0.310. The van der Waals surface area contributed by atoms with Crippen LogP contribution in [0.25, 0.3) is 0 Å². The molecule has 0 aliphatic carbocycles. The molecule has 0 unspecified atom stereocenters. The Kier molecular flexibility index (Phi) is 8.32. The Morgan fingerprint density at radius 1 is 1.67 bits per heavy atom. The minimum absolute atomic E-state index is 0. The Bertz CT molecular complexity index is 44.1. The molecule has 0 aromatic rings. The van der Waals surface area contributed by atoms with Crippen molar-refractivity contribution in [3.63, 3.8) is 0 Å². The molecule has 6 heavy (non-hydrogen) atoms. The summed E-state index contributed by atoms with van der Waals surface area (Å²) in [7, 11) is 1.35. The largest absolute Gasteiger partial charge is 0.469 e. The molecule has 2 nitrogen and oxygen atoms in total. The lowest BCUT2D eigenvalue weighted by molar-refractivity contribution is -0.137. The highest BCUT2D eigenvalue weighted by Crippen LogP contribution is 1.60. The van der Waals surface area contributed by atoms with E-state index in [1.165, 1.54) is 14.0 Å². The molecule has 2 radical (unpaired) electrons. The van der Waals surface area contributed by atoms with Crippen LogP contribution in [0.1, 0.15) is 6.92 Å². The second-order valence-corrected chi connectivity index (χ2v) is 0.696. The van der Waals surface area contributed by atoms with E-state index in [0.29, 0.717) is 0 Å².